The Balaban J connectivity index is 2.56. The number of nitrogens with two attached hydrogens (primary N) is 1. The first-order valence-electron chi connectivity index (χ1n) is 6.38. The molecular formula is C12H19F3N4O. The second-order valence-corrected chi connectivity index (χ2v) is 4.33. The van der Waals surface area contributed by atoms with Crippen molar-refractivity contribution in [1.82, 2.24) is 4.98 Å². The first kappa shape index (κ1) is 16.5. The number of aliphatic hydroxyl groups is 1. The lowest BCUT2D eigenvalue weighted by Crippen LogP contribution is -2.14. The van der Waals surface area contributed by atoms with Gasteiger partial charge in [-0.25, -0.2) is 10.8 Å². The van der Waals surface area contributed by atoms with Crippen molar-refractivity contribution < 1.29 is 18.3 Å². The third-order valence-corrected chi connectivity index (χ3v) is 2.69. The van der Waals surface area contributed by atoms with Crippen LogP contribution in [0.2, 0.25) is 0 Å². The zero-order valence-electron chi connectivity index (χ0n) is 11.0. The Morgan fingerprint density at radius 2 is 1.75 bits per heavy atom. The van der Waals surface area contributed by atoms with Crippen LogP contribution in [-0.4, -0.2) is 23.2 Å². The van der Waals surface area contributed by atoms with Crippen molar-refractivity contribution in [2.75, 3.05) is 23.9 Å². The number of alkyl halides is 3. The van der Waals surface area contributed by atoms with Gasteiger partial charge in [0.2, 0.25) is 0 Å². The summed E-state index contributed by atoms with van der Waals surface area (Å²) in [5, 5.41) is 11.5. The van der Waals surface area contributed by atoms with Crippen LogP contribution in [-0.2, 0) is 6.18 Å². The third kappa shape index (κ3) is 5.62. The number of hydrazine groups is 1. The van der Waals surface area contributed by atoms with E-state index in [9.17, 15) is 13.2 Å². The van der Waals surface area contributed by atoms with E-state index in [-0.39, 0.29) is 18.2 Å². The van der Waals surface area contributed by atoms with Crippen LogP contribution in [0.15, 0.2) is 12.1 Å². The molecule has 0 saturated carbocycles. The average molecular weight is 292 g/mol. The van der Waals surface area contributed by atoms with Gasteiger partial charge in [-0.05, 0) is 25.0 Å². The topological polar surface area (TPSA) is 83.2 Å². The van der Waals surface area contributed by atoms with Gasteiger partial charge in [-0.3, -0.25) is 0 Å². The minimum atomic E-state index is -4.44. The van der Waals surface area contributed by atoms with Crippen molar-refractivity contribution in [2.24, 2.45) is 5.84 Å². The summed E-state index contributed by atoms with van der Waals surface area (Å²) in [4.78, 5) is 3.91. The molecule has 0 saturated heterocycles. The standard InChI is InChI=1S/C12H19F3N4O/c13-12(14,15)9-7-10(18-11(8-9)19-16)17-5-3-1-2-4-6-20/h7-8,20H,1-6,16H2,(H2,17,18,19). The molecule has 5 nitrogen and oxygen atoms in total. The summed E-state index contributed by atoms with van der Waals surface area (Å²) >= 11 is 0. The summed E-state index contributed by atoms with van der Waals surface area (Å²) in [6.45, 7) is 0.678. The van der Waals surface area contributed by atoms with Crippen molar-refractivity contribution in [1.29, 1.82) is 0 Å². The maximum Gasteiger partial charge on any atom is 0.416 e. The molecule has 0 aromatic carbocycles. The lowest BCUT2D eigenvalue weighted by molar-refractivity contribution is -0.137. The maximum atomic E-state index is 12.7. The molecule has 0 aliphatic rings. The monoisotopic (exact) mass is 292 g/mol. The van der Waals surface area contributed by atoms with Gasteiger partial charge in [-0.1, -0.05) is 12.8 Å². The van der Waals surface area contributed by atoms with E-state index in [1.54, 1.807) is 0 Å². The van der Waals surface area contributed by atoms with E-state index in [1.807, 2.05) is 0 Å². The summed E-state index contributed by atoms with van der Waals surface area (Å²) < 4.78 is 38.0. The number of nitrogens with one attached hydrogen (secondary N) is 2. The van der Waals surface area contributed by atoms with Gasteiger partial charge < -0.3 is 15.8 Å². The SMILES string of the molecule is NNc1cc(C(F)(F)F)cc(NCCCCCCO)n1. The number of unbranched alkanes of at least 4 members (excludes halogenated alkanes) is 3. The van der Waals surface area contributed by atoms with Crippen LogP contribution in [0.25, 0.3) is 0 Å². The molecule has 5 N–H and O–H groups in total. The van der Waals surface area contributed by atoms with E-state index in [0.717, 1.165) is 37.8 Å². The van der Waals surface area contributed by atoms with Gasteiger partial charge in [0, 0.05) is 13.2 Å². The predicted octanol–water partition coefficient (Wildman–Crippen LogP) is 2.35. The Morgan fingerprint density at radius 1 is 1.10 bits per heavy atom. The number of anilines is 2. The molecule has 1 rings (SSSR count). The van der Waals surface area contributed by atoms with Gasteiger partial charge in [0.05, 0.1) is 5.56 Å². The summed E-state index contributed by atoms with van der Waals surface area (Å²) in [6.07, 6.45) is -1.11. The zero-order chi connectivity index (χ0) is 15.0. The van der Waals surface area contributed by atoms with Crippen molar-refractivity contribution in [2.45, 2.75) is 31.9 Å². The second kappa shape index (κ2) is 7.91. The molecule has 0 amide bonds. The lowest BCUT2D eigenvalue weighted by atomic mass is 10.2. The van der Waals surface area contributed by atoms with Gasteiger partial charge in [0.15, 0.2) is 0 Å². The number of halogens is 3. The number of hydrogen-bond donors (Lipinski definition) is 4. The largest absolute Gasteiger partial charge is 0.416 e. The highest BCUT2D eigenvalue weighted by molar-refractivity contribution is 5.49. The molecule has 1 aromatic heterocycles. The first-order chi connectivity index (χ1) is 9.47. The minimum Gasteiger partial charge on any atom is -0.396 e. The van der Waals surface area contributed by atoms with Crippen LogP contribution in [0.3, 0.4) is 0 Å². The van der Waals surface area contributed by atoms with E-state index in [1.165, 1.54) is 0 Å². The highest BCUT2D eigenvalue weighted by Gasteiger charge is 2.31. The number of aromatic nitrogens is 1. The van der Waals surface area contributed by atoms with Crippen molar-refractivity contribution >= 4 is 11.6 Å². The molecule has 0 bridgehead atoms. The van der Waals surface area contributed by atoms with Crippen LogP contribution < -0.4 is 16.6 Å². The van der Waals surface area contributed by atoms with Crippen molar-refractivity contribution in [3.63, 3.8) is 0 Å². The average Bonchev–Trinajstić information content (AvgIpc) is 2.41. The van der Waals surface area contributed by atoms with Crippen LogP contribution in [0, 0.1) is 0 Å². The lowest BCUT2D eigenvalue weighted by Gasteiger charge is -2.12. The summed E-state index contributed by atoms with van der Waals surface area (Å²) in [5.41, 5.74) is 1.32. The van der Waals surface area contributed by atoms with Gasteiger partial charge in [-0.2, -0.15) is 13.2 Å². The van der Waals surface area contributed by atoms with Crippen molar-refractivity contribution in [3.8, 4) is 0 Å². The molecule has 114 valence electrons. The van der Waals surface area contributed by atoms with E-state index in [0.29, 0.717) is 6.54 Å². The number of nitrogens with zero attached hydrogens (tertiary/aromatic N) is 1. The molecule has 0 aliphatic carbocycles. The van der Waals surface area contributed by atoms with Crippen LogP contribution >= 0.6 is 0 Å². The maximum absolute atomic E-state index is 12.7. The molecule has 0 radical (unpaired) electrons. The Morgan fingerprint density at radius 3 is 2.35 bits per heavy atom. The summed E-state index contributed by atoms with van der Waals surface area (Å²) in [7, 11) is 0. The molecule has 1 heterocycles. The molecule has 0 unspecified atom stereocenters. The summed E-state index contributed by atoms with van der Waals surface area (Å²) in [6, 6.07) is 1.81. The Hall–Kier alpha value is -1.54. The molecule has 0 fully saturated rings. The fourth-order valence-corrected chi connectivity index (χ4v) is 1.67. The molecule has 8 heteroatoms. The molecular weight excluding hydrogens is 273 g/mol. The molecule has 0 spiro atoms. The van der Waals surface area contributed by atoms with Gasteiger partial charge in [-0.15, -0.1) is 0 Å². The summed E-state index contributed by atoms with van der Waals surface area (Å²) in [5.74, 6) is 5.20. The number of nitrogen functional groups attached to an aromatic ring is 1. The highest BCUT2D eigenvalue weighted by Crippen LogP contribution is 2.31. The smallest absolute Gasteiger partial charge is 0.396 e. The molecule has 0 aliphatic heterocycles. The second-order valence-electron chi connectivity index (χ2n) is 4.33. The number of aliphatic hydroxyl groups excluding tert-OH is 1. The Kier molecular flexibility index (Phi) is 6.53. The van der Waals surface area contributed by atoms with Crippen molar-refractivity contribution in [3.05, 3.63) is 17.7 Å². The van der Waals surface area contributed by atoms with E-state index >= 15 is 0 Å². The quantitative estimate of drug-likeness (QED) is 0.336. The predicted molar refractivity (Wildman–Crippen MR) is 71.1 cm³/mol. The van der Waals surface area contributed by atoms with Gasteiger partial charge in [0.1, 0.15) is 11.6 Å². The molecule has 1 aromatic rings. The Bertz CT molecular complexity index is 412. The fourth-order valence-electron chi connectivity index (χ4n) is 1.67. The molecule has 20 heavy (non-hydrogen) atoms. The van der Waals surface area contributed by atoms with E-state index < -0.39 is 11.7 Å². The highest BCUT2D eigenvalue weighted by atomic mass is 19.4. The minimum absolute atomic E-state index is 0.0393. The molecule has 0 atom stereocenters. The van der Waals surface area contributed by atoms with E-state index in [2.05, 4.69) is 15.7 Å². The van der Waals surface area contributed by atoms with Crippen LogP contribution in [0.4, 0.5) is 24.8 Å². The zero-order valence-corrected chi connectivity index (χ0v) is 11.0. The number of hydrogen-bond acceptors (Lipinski definition) is 5. The number of pyridine rings is 1. The van der Waals surface area contributed by atoms with Gasteiger partial charge in [0.25, 0.3) is 0 Å². The third-order valence-electron chi connectivity index (χ3n) is 2.69. The van der Waals surface area contributed by atoms with Crippen LogP contribution in [0.1, 0.15) is 31.2 Å². The Labute approximate surface area is 115 Å². The van der Waals surface area contributed by atoms with Crippen LogP contribution in [0.5, 0.6) is 0 Å². The normalized spacial score (nSPS) is 11.4. The van der Waals surface area contributed by atoms with Gasteiger partial charge >= 0.3 is 6.18 Å². The number of rotatable bonds is 8. The first-order valence-corrected chi connectivity index (χ1v) is 6.38. The fraction of sp³-hybridized carbons (Fsp3) is 0.583. The van der Waals surface area contributed by atoms with E-state index in [4.69, 9.17) is 10.9 Å².